The van der Waals surface area contributed by atoms with Gasteiger partial charge in [-0.15, -0.1) is 0 Å². The lowest BCUT2D eigenvalue weighted by atomic mass is 10.0. The van der Waals surface area contributed by atoms with Crippen LogP contribution in [-0.2, 0) is 14.6 Å². The molecule has 4 rings (SSSR count). The Morgan fingerprint density at radius 3 is 2.00 bits per heavy atom. The van der Waals surface area contributed by atoms with E-state index >= 15 is 0 Å². The van der Waals surface area contributed by atoms with Crippen molar-refractivity contribution in [2.24, 2.45) is 0 Å². The number of amides is 3. The molecular weight excluding hydrogens is 356 g/mol. The average molecular weight is 376 g/mol. The molecule has 0 N–H and O–H groups in total. The van der Waals surface area contributed by atoms with E-state index in [4.69, 9.17) is 0 Å². The van der Waals surface area contributed by atoms with E-state index in [1.165, 1.54) is 6.26 Å². The topological polar surface area (TPSA) is 91.8 Å². The molecule has 2 atom stereocenters. The summed E-state index contributed by atoms with van der Waals surface area (Å²) in [6.07, 6.45) is 3.65. The zero-order chi connectivity index (χ0) is 18.6. The first kappa shape index (κ1) is 17.2. The largest absolute Gasteiger partial charge is 0.335 e. The Balaban J connectivity index is 1.51. The summed E-state index contributed by atoms with van der Waals surface area (Å²) < 4.78 is 23.7. The van der Waals surface area contributed by atoms with Crippen molar-refractivity contribution in [1.82, 2.24) is 9.80 Å². The van der Waals surface area contributed by atoms with Crippen LogP contribution in [-0.4, -0.2) is 66.1 Å². The van der Waals surface area contributed by atoms with E-state index in [1.54, 1.807) is 29.2 Å². The molecule has 138 valence electrons. The summed E-state index contributed by atoms with van der Waals surface area (Å²) >= 11 is 0. The van der Waals surface area contributed by atoms with Crippen LogP contribution in [0, 0.1) is 0 Å². The van der Waals surface area contributed by atoms with E-state index in [9.17, 15) is 22.8 Å². The fraction of sp³-hybridized carbons (Fsp3) is 0.500. The standard InChI is InChI=1S/C18H20N2O5S/c1-26(24,25)13-8-11-6-7-12(9-13)20(11)16(21)10-19-17(22)14-4-2-3-5-15(14)18(19)23/h2-5,11-13H,6-10H2,1H3. The predicted molar refractivity (Wildman–Crippen MR) is 93.3 cm³/mol. The molecule has 3 amide bonds. The van der Waals surface area contributed by atoms with Gasteiger partial charge >= 0.3 is 0 Å². The van der Waals surface area contributed by atoms with Crippen LogP contribution in [0.5, 0.6) is 0 Å². The molecule has 2 unspecified atom stereocenters. The quantitative estimate of drug-likeness (QED) is 0.730. The normalized spacial score (nSPS) is 27.8. The van der Waals surface area contributed by atoms with Crippen molar-refractivity contribution in [3.05, 3.63) is 35.4 Å². The summed E-state index contributed by atoms with van der Waals surface area (Å²) in [5, 5.41) is -0.414. The van der Waals surface area contributed by atoms with Crippen LogP contribution in [0.1, 0.15) is 46.4 Å². The maximum Gasteiger partial charge on any atom is 0.262 e. The van der Waals surface area contributed by atoms with Gasteiger partial charge < -0.3 is 4.90 Å². The number of carbonyl (C=O) groups is 3. The number of benzene rings is 1. The van der Waals surface area contributed by atoms with E-state index in [0.717, 1.165) is 17.7 Å². The van der Waals surface area contributed by atoms with Crippen molar-refractivity contribution in [2.45, 2.75) is 43.0 Å². The molecular formula is C18H20N2O5S. The highest BCUT2D eigenvalue weighted by atomic mass is 32.2. The predicted octanol–water partition coefficient (Wildman–Crippen LogP) is 0.849. The van der Waals surface area contributed by atoms with Crippen LogP contribution < -0.4 is 0 Å². The Morgan fingerprint density at radius 1 is 1.04 bits per heavy atom. The third kappa shape index (κ3) is 2.63. The lowest BCUT2D eigenvalue weighted by Gasteiger charge is -2.38. The van der Waals surface area contributed by atoms with E-state index < -0.39 is 26.9 Å². The van der Waals surface area contributed by atoms with E-state index in [-0.39, 0.29) is 24.5 Å². The zero-order valence-electron chi connectivity index (χ0n) is 14.4. The third-order valence-electron chi connectivity index (χ3n) is 5.75. The number of nitrogens with zero attached hydrogens (tertiary/aromatic N) is 2. The van der Waals surface area contributed by atoms with E-state index in [2.05, 4.69) is 0 Å². The number of carbonyl (C=O) groups excluding carboxylic acids is 3. The number of hydrogen-bond acceptors (Lipinski definition) is 5. The van der Waals surface area contributed by atoms with Gasteiger partial charge in [0, 0.05) is 18.3 Å². The molecule has 0 saturated carbocycles. The number of sulfone groups is 1. The maximum absolute atomic E-state index is 12.8. The van der Waals surface area contributed by atoms with E-state index in [1.807, 2.05) is 0 Å². The Labute approximate surface area is 151 Å². The summed E-state index contributed by atoms with van der Waals surface area (Å²) in [5.41, 5.74) is 0.646. The Kier molecular flexibility index (Phi) is 3.91. The highest BCUT2D eigenvalue weighted by molar-refractivity contribution is 7.91. The fourth-order valence-corrected chi connectivity index (χ4v) is 5.63. The molecule has 0 aromatic heterocycles. The third-order valence-corrected chi connectivity index (χ3v) is 7.35. The molecule has 1 aromatic rings. The molecule has 7 nitrogen and oxygen atoms in total. The number of piperidine rings is 1. The van der Waals surface area contributed by atoms with Crippen molar-refractivity contribution in [1.29, 1.82) is 0 Å². The van der Waals surface area contributed by atoms with Gasteiger partial charge in [-0.2, -0.15) is 0 Å². The van der Waals surface area contributed by atoms with Gasteiger partial charge in [-0.1, -0.05) is 12.1 Å². The second kappa shape index (κ2) is 5.90. The Hall–Kier alpha value is -2.22. The Bertz CT molecular complexity index is 861. The minimum absolute atomic E-state index is 0.129. The van der Waals surface area contributed by atoms with Crippen molar-refractivity contribution >= 4 is 27.6 Å². The molecule has 1 aromatic carbocycles. The lowest BCUT2D eigenvalue weighted by molar-refractivity contribution is -0.135. The van der Waals surface area contributed by atoms with Gasteiger partial charge in [0.2, 0.25) is 5.91 Å². The van der Waals surface area contributed by atoms with Crippen LogP contribution in [0.2, 0.25) is 0 Å². The van der Waals surface area contributed by atoms with Gasteiger partial charge in [-0.05, 0) is 37.8 Å². The summed E-state index contributed by atoms with van der Waals surface area (Å²) in [7, 11) is -3.13. The van der Waals surface area contributed by atoms with Crippen LogP contribution in [0.4, 0.5) is 0 Å². The molecule has 3 aliphatic rings. The highest BCUT2D eigenvalue weighted by Crippen LogP contribution is 2.38. The molecule has 2 saturated heterocycles. The van der Waals surface area contributed by atoms with Gasteiger partial charge in [-0.3, -0.25) is 19.3 Å². The Morgan fingerprint density at radius 2 is 1.54 bits per heavy atom. The molecule has 3 heterocycles. The summed E-state index contributed by atoms with van der Waals surface area (Å²) in [6.45, 7) is -0.289. The second-order valence-electron chi connectivity index (χ2n) is 7.35. The SMILES string of the molecule is CS(=O)(=O)C1CC2CCC(C1)N2C(=O)CN1C(=O)c2ccccc2C1=O. The van der Waals surface area contributed by atoms with Gasteiger partial charge in [0.25, 0.3) is 11.8 Å². The minimum Gasteiger partial charge on any atom is -0.335 e. The maximum atomic E-state index is 12.8. The summed E-state index contributed by atoms with van der Waals surface area (Å²) in [4.78, 5) is 40.4. The average Bonchev–Trinajstić information content (AvgIpc) is 2.99. The summed E-state index contributed by atoms with van der Waals surface area (Å²) in [5.74, 6) is -1.17. The number of fused-ring (bicyclic) bond motifs is 3. The van der Waals surface area contributed by atoms with Crippen LogP contribution in [0.25, 0.3) is 0 Å². The lowest BCUT2D eigenvalue weighted by Crippen LogP contribution is -2.52. The minimum atomic E-state index is -3.13. The first-order valence-corrected chi connectivity index (χ1v) is 10.7. The molecule has 8 heteroatoms. The second-order valence-corrected chi connectivity index (χ2v) is 9.68. The molecule has 0 aliphatic carbocycles. The van der Waals surface area contributed by atoms with Gasteiger partial charge in [0.05, 0.1) is 16.4 Å². The zero-order valence-corrected chi connectivity index (χ0v) is 15.2. The highest BCUT2D eigenvalue weighted by Gasteiger charge is 2.47. The van der Waals surface area contributed by atoms with Gasteiger partial charge in [-0.25, -0.2) is 8.42 Å². The molecule has 0 radical (unpaired) electrons. The van der Waals surface area contributed by atoms with E-state index in [0.29, 0.717) is 24.0 Å². The smallest absolute Gasteiger partial charge is 0.262 e. The molecule has 0 spiro atoms. The number of imide groups is 1. The van der Waals surface area contributed by atoms with Gasteiger partial charge in [0.1, 0.15) is 16.4 Å². The molecule has 2 bridgehead atoms. The van der Waals surface area contributed by atoms with Crippen molar-refractivity contribution in [2.75, 3.05) is 12.8 Å². The number of hydrogen-bond donors (Lipinski definition) is 0. The van der Waals surface area contributed by atoms with Crippen molar-refractivity contribution in [3.8, 4) is 0 Å². The monoisotopic (exact) mass is 376 g/mol. The van der Waals surface area contributed by atoms with Crippen LogP contribution in [0.3, 0.4) is 0 Å². The van der Waals surface area contributed by atoms with Crippen LogP contribution >= 0.6 is 0 Å². The fourth-order valence-electron chi connectivity index (χ4n) is 4.48. The summed E-state index contributed by atoms with van der Waals surface area (Å²) in [6, 6.07) is 6.28. The molecule has 2 fully saturated rings. The number of rotatable bonds is 3. The van der Waals surface area contributed by atoms with Crippen LogP contribution in [0.15, 0.2) is 24.3 Å². The van der Waals surface area contributed by atoms with Crippen molar-refractivity contribution < 1.29 is 22.8 Å². The van der Waals surface area contributed by atoms with Crippen molar-refractivity contribution in [3.63, 3.8) is 0 Å². The first-order chi connectivity index (χ1) is 12.3. The molecule has 26 heavy (non-hydrogen) atoms. The van der Waals surface area contributed by atoms with Gasteiger partial charge in [0.15, 0.2) is 0 Å². The molecule has 3 aliphatic heterocycles. The first-order valence-electron chi connectivity index (χ1n) is 8.72.